The first-order chi connectivity index (χ1) is 18.5. The fraction of sp³-hybridized carbons (Fsp3) is 0.393. The van der Waals surface area contributed by atoms with Gasteiger partial charge in [-0.05, 0) is 69.5 Å². The van der Waals surface area contributed by atoms with Crippen LogP contribution in [-0.2, 0) is 0 Å². The summed E-state index contributed by atoms with van der Waals surface area (Å²) in [6, 6.07) is 12.6. The molecular formula is C28H32N8O2. The number of nitrogens with zero attached hydrogens (tertiary/aromatic N) is 6. The molecule has 1 aliphatic carbocycles. The van der Waals surface area contributed by atoms with Crippen LogP contribution in [0, 0.1) is 0 Å². The number of likely N-dealkylation sites (tertiary alicyclic amines) is 1. The average Bonchev–Trinajstić information content (AvgIpc) is 3.43. The molecule has 10 nitrogen and oxygen atoms in total. The van der Waals surface area contributed by atoms with Gasteiger partial charge in [0.25, 0.3) is 5.91 Å². The highest BCUT2D eigenvalue weighted by atomic mass is 16.5. The summed E-state index contributed by atoms with van der Waals surface area (Å²) in [4.78, 5) is 33.1. The third-order valence-electron chi connectivity index (χ3n) is 7.11. The van der Waals surface area contributed by atoms with Crippen LogP contribution < -0.4 is 15.4 Å². The van der Waals surface area contributed by atoms with Gasteiger partial charge in [-0.1, -0.05) is 0 Å². The maximum atomic E-state index is 13.0. The second-order valence-corrected chi connectivity index (χ2v) is 10.3. The van der Waals surface area contributed by atoms with E-state index in [1.807, 2.05) is 41.3 Å². The molecule has 0 spiro atoms. The number of hydrogen-bond acceptors (Lipinski definition) is 8. The summed E-state index contributed by atoms with van der Waals surface area (Å²) < 4.78 is 7.60. The number of ether oxygens (including phenoxy) is 1. The fourth-order valence-corrected chi connectivity index (χ4v) is 4.92. The average molecular weight is 513 g/mol. The molecule has 1 aromatic carbocycles. The van der Waals surface area contributed by atoms with Crippen molar-refractivity contribution in [1.82, 2.24) is 34.7 Å². The van der Waals surface area contributed by atoms with Gasteiger partial charge < -0.3 is 24.8 Å². The van der Waals surface area contributed by atoms with E-state index >= 15 is 0 Å². The summed E-state index contributed by atoms with van der Waals surface area (Å²) in [6.07, 6.45) is 7.03. The molecule has 1 saturated heterocycles. The zero-order valence-corrected chi connectivity index (χ0v) is 21.9. The second-order valence-electron chi connectivity index (χ2n) is 10.3. The highest BCUT2D eigenvalue weighted by Gasteiger charge is 2.31. The summed E-state index contributed by atoms with van der Waals surface area (Å²) in [6.45, 7) is 5.78. The van der Waals surface area contributed by atoms with Crippen LogP contribution in [0.1, 0.15) is 49.5 Å². The lowest BCUT2D eigenvalue weighted by atomic mass is 10.2. The molecule has 4 aromatic rings. The van der Waals surface area contributed by atoms with Crippen LogP contribution in [0.15, 0.2) is 48.9 Å². The molecule has 0 bridgehead atoms. The molecule has 2 fully saturated rings. The monoisotopic (exact) mass is 512 g/mol. The molecular weight excluding hydrogens is 480 g/mol. The Morgan fingerprint density at radius 2 is 1.84 bits per heavy atom. The van der Waals surface area contributed by atoms with E-state index in [0.29, 0.717) is 40.9 Å². The summed E-state index contributed by atoms with van der Waals surface area (Å²) in [5.41, 5.74) is 4.46. The van der Waals surface area contributed by atoms with Crippen molar-refractivity contribution in [3.8, 4) is 17.3 Å². The maximum absolute atomic E-state index is 13.0. The van der Waals surface area contributed by atoms with Crippen molar-refractivity contribution in [2.24, 2.45) is 0 Å². The van der Waals surface area contributed by atoms with Crippen molar-refractivity contribution in [1.29, 1.82) is 0 Å². The van der Waals surface area contributed by atoms with E-state index in [1.54, 1.807) is 19.6 Å². The Morgan fingerprint density at radius 3 is 2.58 bits per heavy atom. The number of nitrogens with one attached hydrogen (secondary N) is 2. The molecule has 10 heteroatoms. The molecule has 196 valence electrons. The quantitative estimate of drug-likeness (QED) is 0.362. The molecule has 1 saturated carbocycles. The number of fused-ring (bicyclic) bond motifs is 1. The highest BCUT2D eigenvalue weighted by Crippen LogP contribution is 2.30. The number of carbonyl (C=O) groups excluding carboxylic acids is 1. The number of anilines is 2. The predicted octanol–water partition coefficient (Wildman–Crippen LogP) is 4.19. The zero-order chi connectivity index (χ0) is 26.2. The van der Waals surface area contributed by atoms with Gasteiger partial charge in [0.15, 0.2) is 5.52 Å². The molecule has 1 aliphatic heterocycles. The summed E-state index contributed by atoms with van der Waals surface area (Å²) >= 11 is 0. The van der Waals surface area contributed by atoms with E-state index in [2.05, 4.69) is 49.0 Å². The Morgan fingerprint density at radius 1 is 1.03 bits per heavy atom. The Labute approximate surface area is 221 Å². The minimum atomic E-state index is 0.0750. The molecule has 38 heavy (non-hydrogen) atoms. The summed E-state index contributed by atoms with van der Waals surface area (Å²) in [5.74, 6) is 0.970. The van der Waals surface area contributed by atoms with Gasteiger partial charge in [-0.15, -0.1) is 0 Å². The molecule has 4 heterocycles. The van der Waals surface area contributed by atoms with Gasteiger partial charge in [-0.3, -0.25) is 4.79 Å². The SMILES string of the molecule is COc1nc(-c2ccnc(Nc3ccc(C(=O)N4CCC(NC5CC5)C4)cc3)n2)cc2c1ncn2C(C)C. The Hall–Kier alpha value is -4.05. The minimum absolute atomic E-state index is 0.0750. The maximum Gasteiger partial charge on any atom is 0.253 e. The van der Waals surface area contributed by atoms with E-state index in [0.717, 1.165) is 36.2 Å². The highest BCUT2D eigenvalue weighted by molar-refractivity contribution is 5.94. The van der Waals surface area contributed by atoms with E-state index in [1.165, 1.54) is 12.8 Å². The van der Waals surface area contributed by atoms with Crippen molar-refractivity contribution in [2.45, 2.75) is 51.2 Å². The molecule has 0 radical (unpaired) electrons. The van der Waals surface area contributed by atoms with Crippen molar-refractivity contribution >= 4 is 28.6 Å². The molecule has 2 aliphatic rings. The first-order valence-corrected chi connectivity index (χ1v) is 13.2. The van der Waals surface area contributed by atoms with Gasteiger partial charge >= 0.3 is 0 Å². The van der Waals surface area contributed by atoms with Crippen molar-refractivity contribution in [3.05, 3.63) is 54.5 Å². The van der Waals surface area contributed by atoms with Crippen LogP contribution in [0.5, 0.6) is 5.88 Å². The van der Waals surface area contributed by atoms with E-state index in [4.69, 9.17) is 4.74 Å². The number of benzene rings is 1. The largest absolute Gasteiger partial charge is 0.479 e. The van der Waals surface area contributed by atoms with E-state index in [-0.39, 0.29) is 11.9 Å². The molecule has 1 amide bonds. The molecule has 2 N–H and O–H groups in total. The van der Waals surface area contributed by atoms with E-state index < -0.39 is 0 Å². The predicted molar refractivity (Wildman–Crippen MR) is 146 cm³/mol. The van der Waals surface area contributed by atoms with Gasteiger partial charge in [0.1, 0.15) is 0 Å². The van der Waals surface area contributed by atoms with Crippen molar-refractivity contribution < 1.29 is 9.53 Å². The minimum Gasteiger partial charge on any atom is -0.479 e. The molecule has 1 atom stereocenters. The molecule has 6 rings (SSSR count). The topological polar surface area (TPSA) is 110 Å². The Kier molecular flexibility index (Phi) is 6.40. The van der Waals surface area contributed by atoms with Crippen LogP contribution in [-0.4, -0.2) is 67.6 Å². The van der Waals surface area contributed by atoms with Gasteiger partial charge in [0.05, 0.1) is 30.3 Å². The fourth-order valence-electron chi connectivity index (χ4n) is 4.92. The number of methoxy groups -OCH3 is 1. The number of hydrogen-bond donors (Lipinski definition) is 2. The lowest BCUT2D eigenvalue weighted by Crippen LogP contribution is -2.36. The van der Waals surface area contributed by atoms with E-state index in [9.17, 15) is 4.79 Å². The van der Waals surface area contributed by atoms with Gasteiger partial charge in [-0.25, -0.2) is 19.9 Å². The standard InChI is InChI=1S/C28H32N8O2/c1-17(2)36-16-30-25-24(36)14-23(33-26(25)38-3)22-10-12-29-28(34-22)32-20-6-4-18(5-7-20)27(37)35-13-11-21(15-35)31-19-8-9-19/h4-7,10,12,14,16-17,19,21,31H,8-9,11,13,15H2,1-3H3,(H,29,32,34). The third kappa shape index (κ3) is 4.91. The van der Waals surface area contributed by atoms with Crippen LogP contribution in [0.3, 0.4) is 0 Å². The Bertz CT molecular complexity index is 1460. The number of imidazole rings is 1. The van der Waals surface area contributed by atoms with Gasteiger partial charge in [0.2, 0.25) is 11.8 Å². The van der Waals surface area contributed by atoms with Crippen LogP contribution in [0.25, 0.3) is 22.4 Å². The first-order valence-electron chi connectivity index (χ1n) is 13.2. The molecule has 1 unspecified atom stereocenters. The number of pyridine rings is 1. The molecule has 3 aromatic heterocycles. The van der Waals surface area contributed by atoms with Crippen molar-refractivity contribution in [2.75, 3.05) is 25.5 Å². The smallest absolute Gasteiger partial charge is 0.253 e. The summed E-state index contributed by atoms with van der Waals surface area (Å²) in [7, 11) is 1.59. The summed E-state index contributed by atoms with van der Waals surface area (Å²) in [5, 5.41) is 6.87. The van der Waals surface area contributed by atoms with Crippen LogP contribution >= 0.6 is 0 Å². The van der Waals surface area contributed by atoms with Crippen LogP contribution in [0.2, 0.25) is 0 Å². The number of amides is 1. The Balaban J connectivity index is 1.17. The number of rotatable bonds is 8. The lowest BCUT2D eigenvalue weighted by molar-refractivity contribution is 0.0789. The first kappa shape index (κ1) is 24.3. The number of carbonyl (C=O) groups is 1. The lowest BCUT2D eigenvalue weighted by Gasteiger charge is -2.17. The van der Waals surface area contributed by atoms with Crippen LogP contribution in [0.4, 0.5) is 11.6 Å². The number of aromatic nitrogens is 5. The van der Waals surface area contributed by atoms with Crippen molar-refractivity contribution in [3.63, 3.8) is 0 Å². The zero-order valence-electron chi connectivity index (χ0n) is 21.9. The second kappa shape index (κ2) is 10.0. The normalized spacial score (nSPS) is 17.4. The third-order valence-corrected chi connectivity index (χ3v) is 7.11. The van der Waals surface area contributed by atoms with Gasteiger partial charge in [0, 0.05) is 48.7 Å². The van der Waals surface area contributed by atoms with Gasteiger partial charge in [-0.2, -0.15) is 0 Å².